The summed E-state index contributed by atoms with van der Waals surface area (Å²) >= 11 is 10.2. The van der Waals surface area contributed by atoms with Crippen LogP contribution in [0.2, 0.25) is 0 Å². The Balaban J connectivity index is 0.000000118. The van der Waals surface area contributed by atoms with Crippen molar-refractivity contribution in [3.05, 3.63) is 411 Å². The van der Waals surface area contributed by atoms with E-state index in [1.54, 1.807) is 68.0 Å². The van der Waals surface area contributed by atoms with Crippen LogP contribution in [0, 0.1) is 36.4 Å². The smallest absolute Gasteiger partial charge is 0.367 e. The fraction of sp³-hybridized carbons (Fsp3) is 0.0256. The van der Waals surface area contributed by atoms with Crippen LogP contribution in [-0.4, -0.2) is 57.3 Å². The van der Waals surface area contributed by atoms with Gasteiger partial charge in [0.1, 0.15) is 0 Å². The molecule has 15 heterocycles. The summed E-state index contributed by atoms with van der Waals surface area (Å²) in [5.74, 6) is 2.67. The summed E-state index contributed by atoms with van der Waals surface area (Å²) in [5.41, 5.74) is 37.7. The van der Waals surface area contributed by atoms with Gasteiger partial charge in [0.05, 0.1) is 50.6 Å². The minimum absolute atomic E-state index is 0. The zero-order chi connectivity index (χ0) is 89.7. The fourth-order valence-electron chi connectivity index (χ4n) is 18.7. The van der Waals surface area contributed by atoms with Gasteiger partial charge >= 0.3 is 63.2 Å². The van der Waals surface area contributed by atoms with E-state index in [1.807, 2.05) is 55.0 Å². The molecule has 0 spiro atoms. The molecule has 0 fully saturated rings. The van der Waals surface area contributed by atoms with E-state index in [4.69, 9.17) is 24.9 Å². The molecule has 27 rings (SSSR count). The molecule has 27 aromatic rings. The number of benzene rings is 12. The SMILES string of the molecule is Cn1c(-c2[c-]c3c(cc2)c2cc(-c4ccsc4)ccc2n3-c2[c-]c(-c3ccc(-c4ccsc4)cn3)ccc2)nc2ccccc21.Cn1c(-c2[c-]c3c(cc2)c2cc(-c4ccsc4)ccc2n3-c2[c-]c(-c3ccccn3)ccc2-c2ccsc2)nc2ccccc21.Cn1c(-c2[c-]c3c(cc2)c2ccccc2n3-c2[c-]c(-c3ccc(-c4ccsc4)cn3)ccc2-c2ccsc2)nc2ccccc21.[Pt+2].[Pt+2].[Pt+2]. The summed E-state index contributed by atoms with van der Waals surface area (Å²) in [4.78, 5) is 29.3. The standard InChI is InChI=1S/3C39H24N4S2.3Pt/c1-42-36-9-5-3-7-34(36)41-39(42)26-11-14-32-31-6-2-4-8-35(31)43(38(32)21-26)37-20-25(10-13-30(37)29-17-19-45-24-29)33-15-12-27(22-40-33)28-16-18-44-23-28;1-42-37-8-3-2-7-35(37)41-39(42)27-9-12-32-33-20-25(29-15-17-44-23-29)11-14-36(33)43(38(32)21-27)31-6-4-5-26(19-31)34-13-10-28(22-40-34)30-16-18-45-24-30;1-42-36-8-3-2-7-34(36)41-39(42)27-10-13-31-32-20-25(28-15-18-44-23-28)11-14-35(32)43(38(31)22-27)37-21-26(33-6-4-5-17-40-33)9-12-30(37)29-16-19-45-24-29;;;/h2-19,22-24H,1H3;2-18,20,22-24H,1H3;2-20,23-24H,1H3;;;/q3*-2;3*+2. The molecule has 0 bridgehead atoms. The molecule has 0 aliphatic heterocycles. The number of imidazole rings is 3. The quantitative estimate of drug-likeness (QED) is 0.0947. The Morgan fingerprint density at radius 2 is 0.594 bits per heavy atom. The van der Waals surface area contributed by atoms with Gasteiger partial charge in [-0.15, -0.1) is 149 Å². The molecule has 0 radical (unpaired) electrons. The van der Waals surface area contributed by atoms with Gasteiger partial charge in [-0.25, -0.2) is 0 Å². The average molecular weight is 2420 g/mol. The predicted octanol–water partition coefficient (Wildman–Crippen LogP) is 31.4. The van der Waals surface area contributed by atoms with Gasteiger partial charge in [0.25, 0.3) is 0 Å². The van der Waals surface area contributed by atoms with E-state index in [-0.39, 0.29) is 63.2 Å². The third kappa shape index (κ3) is 16.2. The van der Waals surface area contributed by atoms with Crippen LogP contribution >= 0.6 is 68.0 Å². The van der Waals surface area contributed by atoms with Crippen LogP contribution in [-0.2, 0) is 84.3 Å². The Bertz CT molecular complexity index is 9150. The molecule has 0 unspecified atom stereocenters. The van der Waals surface area contributed by atoms with Gasteiger partial charge in [-0.3, -0.25) is 15.0 Å². The molecule has 0 aliphatic rings. The van der Waals surface area contributed by atoms with Gasteiger partial charge in [0.2, 0.25) is 0 Å². The molecule has 666 valence electrons. The Labute approximate surface area is 861 Å². The molecule has 0 saturated heterocycles. The van der Waals surface area contributed by atoms with Crippen LogP contribution < -0.4 is 0 Å². The Morgan fingerprint density at radius 3 is 1.00 bits per heavy atom. The number of fused-ring (bicyclic) bond motifs is 12. The minimum atomic E-state index is 0. The number of thiophene rings is 6. The van der Waals surface area contributed by atoms with Crippen molar-refractivity contribution in [2.24, 2.45) is 21.1 Å². The molecule has 21 heteroatoms. The molecule has 15 aromatic heterocycles. The number of aryl methyl sites for hydroxylation is 3. The second-order valence-corrected chi connectivity index (χ2v) is 37.9. The number of rotatable bonds is 15. The summed E-state index contributed by atoms with van der Waals surface area (Å²) in [6.07, 6.45) is 5.73. The molecule has 0 aliphatic carbocycles. The summed E-state index contributed by atoms with van der Waals surface area (Å²) < 4.78 is 13.4. The van der Waals surface area contributed by atoms with Crippen molar-refractivity contribution in [1.82, 2.24) is 57.3 Å². The van der Waals surface area contributed by atoms with Crippen molar-refractivity contribution in [1.29, 1.82) is 0 Å². The molecule has 12 aromatic carbocycles. The summed E-state index contributed by atoms with van der Waals surface area (Å²) in [6.45, 7) is 0. The second kappa shape index (κ2) is 37.9. The van der Waals surface area contributed by atoms with Gasteiger partial charge in [-0.2, -0.15) is 68.0 Å². The van der Waals surface area contributed by atoms with Gasteiger partial charge in [-0.05, 0) is 272 Å². The number of para-hydroxylation sites is 7. The summed E-state index contributed by atoms with van der Waals surface area (Å²) in [6, 6.07) is 125. The fourth-order valence-corrected chi connectivity index (χ4v) is 22.7. The van der Waals surface area contributed by atoms with Crippen molar-refractivity contribution >= 4 is 167 Å². The van der Waals surface area contributed by atoms with Gasteiger partial charge in [-0.1, -0.05) is 155 Å². The molecular formula is C117H72N12Pt3S6. The van der Waals surface area contributed by atoms with Crippen LogP contribution in [0.1, 0.15) is 0 Å². The average Bonchev–Trinajstić information content (AvgIpc) is 1.58. The van der Waals surface area contributed by atoms with E-state index in [9.17, 15) is 0 Å². The van der Waals surface area contributed by atoms with E-state index in [0.29, 0.717) is 0 Å². The topological polar surface area (TPSA) is 107 Å². The van der Waals surface area contributed by atoms with Crippen molar-refractivity contribution in [2.75, 3.05) is 0 Å². The summed E-state index contributed by atoms with van der Waals surface area (Å²) in [7, 11) is 6.21. The van der Waals surface area contributed by atoms with Gasteiger partial charge in [0.15, 0.2) is 0 Å². The van der Waals surface area contributed by atoms with Crippen molar-refractivity contribution in [3.63, 3.8) is 0 Å². The first-order chi connectivity index (χ1) is 66.7. The molecule has 0 amide bonds. The molecule has 0 N–H and O–H groups in total. The normalized spacial score (nSPS) is 11.4. The monoisotopic (exact) mass is 2420 g/mol. The first kappa shape index (κ1) is 89.4. The Hall–Kier alpha value is -13.8. The maximum absolute atomic E-state index is 5.01. The number of hydrogen-bond acceptors (Lipinski definition) is 12. The van der Waals surface area contributed by atoms with E-state index < -0.39 is 0 Å². The number of hydrogen-bond donors (Lipinski definition) is 0. The van der Waals surface area contributed by atoms with Crippen molar-refractivity contribution < 1.29 is 63.2 Å². The first-order valence-electron chi connectivity index (χ1n) is 44.0. The van der Waals surface area contributed by atoms with Crippen LogP contribution in [0.4, 0.5) is 0 Å². The van der Waals surface area contributed by atoms with E-state index in [0.717, 1.165) is 201 Å². The van der Waals surface area contributed by atoms with Crippen LogP contribution in [0.15, 0.2) is 374 Å². The van der Waals surface area contributed by atoms with E-state index in [2.05, 4.69) is 409 Å². The minimum Gasteiger partial charge on any atom is -0.367 e. The number of nitrogens with zero attached hydrogens (tertiary/aromatic N) is 12. The molecule has 0 saturated carbocycles. The zero-order valence-corrected chi connectivity index (χ0v) is 85.4. The first-order valence-corrected chi connectivity index (χ1v) is 49.7. The van der Waals surface area contributed by atoms with E-state index >= 15 is 0 Å². The molecule has 0 atom stereocenters. The van der Waals surface area contributed by atoms with Crippen LogP contribution in [0.25, 0.3) is 250 Å². The van der Waals surface area contributed by atoms with E-state index in [1.165, 1.54) is 49.5 Å². The van der Waals surface area contributed by atoms with Crippen LogP contribution in [0.5, 0.6) is 0 Å². The van der Waals surface area contributed by atoms with Gasteiger partial charge in [0, 0.05) is 56.3 Å². The molecule has 138 heavy (non-hydrogen) atoms. The largest absolute Gasteiger partial charge is 2.00 e. The Kier molecular flexibility index (Phi) is 24.6. The maximum atomic E-state index is 5.01. The zero-order valence-electron chi connectivity index (χ0n) is 73.6. The maximum Gasteiger partial charge on any atom is 2.00 e. The van der Waals surface area contributed by atoms with Crippen molar-refractivity contribution in [3.8, 4) is 152 Å². The van der Waals surface area contributed by atoms with Crippen LogP contribution in [0.3, 0.4) is 0 Å². The van der Waals surface area contributed by atoms with Gasteiger partial charge < -0.3 is 42.4 Å². The Morgan fingerprint density at radius 1 is 0.239 bits per heavy atom. The molecular weight excluding hydrogens is 2350 g/mol. The third-order valence-corrected chi connectivity index (χ3v) is 29.5. The predicted molar refractivity (Wildman–Crippen MR) is 564 cm³/mol. The number of pyridine rings is 3. The molecule has 12 nitrogen and oxygen atoms in total. The summed E-state index contributed by atoms with van der Waals surface area (Å²) in [5, 5.41) is 32.7. The second-order valence-electron chi connectivity index (χ2n) is 33.2. The van der Waals surface area contributed by atoms with Crippen molar-refractivity contribution in [2.45, 2.75) is 0 Å². The third-order valence-electron chi connectivity index (χ3n) is 25.4. The number of aromatic nitrogens is 12.